The van der Waals surface area contributed by atoms with Crippen LogP contribution in [0.25, 0.3) is 0 Å². The molecule has 8 nitrogen and oxygen atoms in total. The number of hydrogen-bond donors (Lipinski definition) is 2. The van der Waals surface area contributed by atoms with E-state index in [-0.39, 0.29) is 22.9 Å². The van der Waals surface area contributed by atoms with Crippen LogP contribution in [0.1, 0.15) is 30.6 Å². The number of methoxy groups -OCH3 is 1. The zero-order chi connectivity index (χ0) is 16.9. The first-order valence-electron chi connectivity index (χ1n) is 6.68. The molecule has 0 aliphatic carbocycles. The highest BCUT2D eigenvalue weighted by molar-refractivity contribution is 5.97. The van der Waals surface area contributed by atoms with Crippen molar-refractivity contribution in [2.75, 3.05) is 12.8 Å². The van der Waals surface area contributed by atoms with Gasteiger partial charge in [-0.3, -0.25) is 14.9 Å². The van der Waals surface area contributed by atoms with E-state index in [0.717, 1.165) is 6.07 Å². The number of nitrogens with zero attached hydrogens (tertiary/aromatic N) is 1. The largest absolute Gasteiger partial charge is 0.467 e. The number of amides is 1. The highest BCUT2D eigenvalue weighted by Gasteiger charge is 2.24. The Morgan fingerprint density at radius 3 is 2.55 bits per heavy atom. The molecule has 0 heterocycles. The molecule has 0 spiro atoms. The van der Waals surface area contributed by atoms with Gasteiger partial charge in [-0.05, 0) is 24.5 Å². The predicted octanol–water partition coefficient (Wildman–Crippen LogP) is 1.49. The number of carbonyl (C=O) groups is 2. The maximum absolute atomic E-state index is 12.2. The van der Waals surface area contributed by atoms with Gasteiger partial charge in [0.15, 0.2) is 0 Å². The zero-order valence-electron chi connectivity index (χ0n) is 12.7. The van der Waals surface area contributed by atoms with Gasteiger partial charge in [-0.15, -0.1) is 0 Å². The van der Waals surface area contributed by atoms with Crippen molar-refractivity contribution >= 4 is 23.3 Å². The van der Waals surface area contributed by atoms with Gasteiger partial charge in [0, 0.05) is 11.6 Å². The standard InChI is InChI=1S/C14H19N3O5/c1-8(2)6-11(14(19)22-3)16-13(18)9-4-5-10(15)12(7-9)17(20)21/h4-5,7-8,11H,6,15H2,1-3H3,(H,16,18). The van der Waals surface area contributed by atoms with E-state index in [4.69, 9.17) is 5.73 Å². The Morgan fingerprint density at radius 1 is 1.41 bits per heavy atom. The molecule has 22 heavy (non-hydrogen) atoms. The molecule has 1 amide bonds. The Balaban J connectivity index is 2.97. The summed E-state index contributed by atoms with van der Waals surface area (Å²) in [5.41, 5.74) is 5.14. The van der Waals surface area contributed by atoms with Crippen LogP contribution < -0.4 is 11.1 Å². The number of nitrogens with two attached hydrogens (primary N) is 1. The summed E-state index contributed by atoms with van der Waals surface area (Å²) in [4.78, 5) is 34.0. The van der Waals surface area contributed by atoms with Crippen molar-refractivity contribution in [2.45, 2.75) is 26.3 Å². The fraction of sp³-hybridized carbons (Fsp3) is 0.429. The number of nitro groups is 1. The molecular formula is C14H19N3O5. The number of rotatable bonds is 6. The average Bonchev–Trinajstić information content (AvgIpc) is 2.45. The van der Waals surface area contributed by atoms with Crippen LogP contribution in [0.5, 0.6) is 0 Å². The van der Waals surface area contributed by atoms with E-state index in [9.17, 15) is 19.7 Å². The molecular weight excluding hydrogens is 290 g/mol. The number of hydrogen-bond acceptors (Lipinski definition) is 6. The Morgan fingerprint density at radius 2 is 2.05 bits per heavy atom. The molecule has 0 saturated carbocycles. The van der Waals surface area contributed by atoms with Crippen LogP contribution in [0.15, 0.2) is 18.2 Å². The lowest BCUT2D eigenvalue weighted by Gasteiger charge is -2.18. The summed E-state index contributed by atoms with van der Waals surface area (Å²) in [6.07, 6.45) is 0.398. The van der Waals surface area contributed by atoms with Crippen molar-refractivity contribution in [3.05, 3.63) is 33.9 Å². The van der Waals surface area contributed by atoms with Gasteiger partial charge in [0.25, 0.3) is 11.6 Å². The predicted molar refractivity (Wildman–Crippen MR) is 80.2 cm³/mol. The van der Waals surface area contributed by atoms with E-state index in [1.807, 2.05) is 13.8 Å². The summed E-state index contributed by atoms with van der Waals surface area (Å²) in [6.45, 7) is 3.80. The third kappa shape index (κ3) is 4.44. The Kier molecular flexibility index (Phi) is 5.85. The lowest BCUT2D eigenvalue weighted by molar-refractivity contribution is -0.383. The first kappa shape index (κ1) is 17.4. The van der Waals surface area contributed by atoms with Gasteiger partial charge in [0.2, 0.25) is 0 Å². The monoisotopic (exact) mass is 309 g/mol. The number of esters is 1. The maximum Gasteiger partial charge on any atom is 0.328 e. The molecule has 0 aromatic heterocycles. The molecule has 0 bridgehead atoms. The van der Waals surface area contributed by atoms with Crippen molar-refractivity contribution in [1.29, 1.82) is 0 Å². The van der Waals surface area contributed by atoms with Crippen LogP contribution in [0.3, 0.4) is 0 Å². The van der Waals surface area contributed by atoms with Gasteiger partial charge in [-0.2, -0.15) is 0 Å². The number of carbonyl (C=O) groups excluding carboxylic acids is 2. The molecule has 1 rings (SSSR count). The average molecular weight is 309 g/mol. The van der Waals surface area contributed by atoms with Crippen LogP contribution in [0.4, 0.5) is 11.4 Å². The first-order chi connectivity index (χ1) is 10.3. The molecule has 1 aromatic rings. The van der Waals surface area contributed by atoms with Crippen molar-refractivity contribution in [1.82, 2.24) is 5.32 Å². The molecule has 0 aliphatic rings. The molecule has 0 aliphatic heterocycles. The maximum atomic E-state index is 12.2. The van der Waals surface area contributed by atoms with Crippen molar-refractivity contribution in [3.63, 3.8) is 0 Å². The van der Waals surface area contributed by atoms with Gasteiger partial charge in [-0.1, -0.05) is 13.8 Å². The Bertz CT molecular complexity index is 586. The minimum Gasteiger partial charge on any atom is -0.467 e. The number of nitro benzene ring substituents is 1. The van der Waals surface area contributed by atoms with E-state index < -0.39 is 22.8 Å². The van der Waals surface area contributed by atoms with Gasteiger partial charge < -0.3 is 15.8 Å². The molecule has 3 N–H and O–H groups in total. The zero-order valence-corrected chi connectivity index (χ0v) is 12.7. The molecule has 8 heteroatoms. The highest BCUT2D eigenvalue weighted by atomic mass is 16.6. The summed E-state index contributed by atoms with van der Waals surface area (Å²) < 4.78 is 4.65. The second kappa shape index (κ2) is 7.39. The second-order valence-electron chi connectivity index (χ2n) is 5.21. The summed E-state index contributed by atoms with van der Waals surface area (Å²) in [7, 11) is 1.23. The quantitative estimate of drug-likeness (QED) is 0.355. The number of nitrogen functional groups attached to an aromatic ring is 1. The minimum absolute atomic E-state index is 0.0340. The van der Waals surface area contributed by atoms with Crippen LogP contribution in [-0.4, -0.2) is 30.0 Å². The van der Waals surface area contributed by atoms with Crippen LogP contribution in [0.2, 0.25) is 0 Å². The summed E-state index contributed by atoms with van der Waals surface area (Å²) in [5.74, 6) is -1.00. The molecule has 1 atom stereocenters. The number of benzene rings is 1. The van der Waals surface area contributed by atoms with E-state index >= 15 is 0 Å². The molecule has 1 aromatic carbocycles. The third-order valence-electron chi connectivity index (χ3n) is 2.99. The van der Waals surface area contributed by atoms with Gasteiger partial charge >= 0.3 is 5.97 Å². The van der Waals surface area contributed by atoms with Crippen LogP contribution >= 0.6 is 0 Å². The molecule has 120 valence electrons. The van der Waals surface area contributed by atoms with Crippen molar-refractivity contribution < 1.29 is 19.2 Å². The smallest absolute Gasteiger partial charge is 0.328 e. The lowest BCUT2D eigenvalue weighted by Crippen LogP contribution is -2.42. The first-order valence-corrected chi connectivity index (χ1v) is 6.68. The number of nitrogens with one attached hydrogen (secondary N) is 1. The van der Waals surface area contributed by atoms with Crippen molar-refractivity contribution in [2.24, 2.45) is 5.92 Å². The topological polar surface area (TPSA) is 125 Å². The van der Waals surface area contributed by atoms with Crippen LogP contribution in [-0.2, 0) is 9.53 Å². The van der Waals surface area contributed by atoms with E-state index in [1.165, 1.54) is 19.2 Å². The molecule has 0 saturated heterocycles. The Hall–Kier alpha value is -2.64. The van der Waals surface area contributed by atoms with E-state index in [2.05, 4.69) is 10.1 Å². The second-order valence-corrected chi connectivity index (χ2v) is 5.21. The molecule has 0 radical (unpaired) electrons. The SMILES string of the molecule is COC(=O)C(CC(C)C)NC(=O)c1ccc(N)c([N+](=O)[O-])c1. The van der Waals surface area contributed by atoms with Crippen molar-refractivity contribution in [3.8, 4) is 0 Å². The fourth-order valence-electron chi connectivity index (χ4n) is 1.91. The molecule has 1 unspecified atom stereocenters. The van der Waals surface area contributed by atoms with Crippen LogP contribution in [0, 0.1) is 16.0 Å². The minimum atomic E-state index is -0.811. The van der Waals surface area contributed by atoms with E-state index in [0.29, 0.717) is 6.42 Å². The molecule has 0 fully saturated rings. The summed E-state index contributed by atoms with van der Waals surface area (Å²) in [6, 6.07) is 2.91. The number of ether oxygens (including phenoxy) is 1. The Labute approximate surface area is 127 Å². The van der Waals surface area contributed by atoms with Gasteiger partial charge in [0.05, 0.1) is 12.0 Å². The van der Waals surface area contributed by atoms with Gasteiger partial charge in [-0.25, -0.2) is 4.79 Å². The summed E-state index contributed by atoms with van der Waals surface area (Å²) in [5, 5.41) is 13.4. The van der Waals surface area contributed by atoms with Gasteiger partial charge in [0.1, 0.15) is 11.7 Å². The summed E-state index contributed by atoms with van der Waals surface area (Å²) >= 11 is 0. The normalized spacial score (nSPS) is 11.8. The van der Waals surface area contributed by atoms with E-state index in [1.54, 1.807) is 0 Å². The third-order valence-corrected chi connectivity index (χ3v) is 2.99. The highest BCUT2D eigenvalue weighted by Crippen LogP contribution is 2.22. The fourth-order valence-corrected chi connectivity index (χ4v) is 1.91. The number of anilines is 1. The lowest BCUT2D eigenvalue weighted by atomic mass is 10.0.